The molecule has 1 N–H and O–H groups in total. The van der Waals surface area contributed by atoms with Gasteiger partial charge in [0.15, 0.2) is 5.03 Å². The summed E-state index contributed by atoms with van der Waals surface area (Å²) in [5, 5.41) is 5.85. The molecule has 0 atom stereocenters. The van der Waals surface area contributed by atoms with Crippen LogP contribution in [-0.2, 0) is 19.5 Å². The number of H-pyrrole nitrogens is 1. The maximum absolute atomic E-state index is 12.6. The van der Waals surface area contributed by atoms with Gasteiger partial charge in [-0.25, -0.2) is 13.2 Å². The first-order valence-electron chi connectivity index (χ1n) is 6.74. The number of ether oxygens (including phenoxy) is 2. The van der Waals surface area contributed by atoms with E-state index in [-0.39, 0.29) is 23.3 Å². The first-order chi connectivity index (χ1) is 10.0. The third kappa shape index (κ3) is 3.25. The fraction of sp³-hybridized carbons (Fsp3) is 0.667. The first kappa shape index (κ1) is 15.9. The van der Waals surface area contributed by atoms with Crippen LogP contribution in [0.1, 0.15) is 30.1 Å². The Morgan fingerprint density at radius 2 is 2.14 bits per heavy atom. The number of piperidine rings is 1. The lowest BCUT2D eigenvalue weighted by molar-refractivity contribution is 0.0519. The summed E-state index contributed by atoms with van der Waals surface area (Å²) in [7, 11) is -2.17. The standard InChI is InChI=1S/C12H19N3O5S/c1-3-20-12(16)10-8-13-14-11(10)21(17,18)15-6-4-9(19-2)5-7-15/h8-9H,3-7H2,1-2H3,(H,13,14). The van der Waals surface area contributed by atoms with Gasteiger partial charge in [0, 0.05) is 20.2 Å². The third-order valence-electron chi connectivity index (χ3n) is 3.43. The van der Waals surface area contributed by atoms with E-state index >= 15 is 0 Å². The van der Waals surface area contributed by atoms with E-state index in [0.717, 1.165) is 0 Å². The molecule has 2 rings (SSSR count). The highest BCUT2D eigenvalue weighted by Crippen LogP contribution is 2.23. The monoisotopic (exact) mass is 317 g/mol. The molecule has 0 bridgehead atoms. The Bertz CT molecular complexity index is 590. The van der Waals surface area contributed by atoms with E-state index in [9.17, 15) is 13.2 Å². The number of carbonyl (C=O) groups is 1. The van der Waals surface area contributed by atoms with Crippen LogP contribution >= 0.6 is 0 Å². The lowest BCUT2D eigenvalue weighted by atomic mass is 10.1. The summed E-state index contributed by atoms with van der Waals surface area (Å²) in [5.74, 6) is -0.698. The Kier molecular flexibility index (Phi) is 4.96. The molecule has 1 aliphatic heterocycles. The molecule has 8 nitrogen and oxygen atoms in total. The molecule has 0 amide bonds. The SMILES string of the molecule is CCOC(=O)c1cn[nH]c1S(=O)(=O)N1CCC(OC)CC1. The quantitative estimate of drug-likeness (QED) is 0.788. The van der Waals surface area contributed by atoms with Crippen molar-refractivity contribution in [2.45, 2.75) is 30.9 Å². The van der Waals surface area contributed by atoms with Gasteiger partial charge in [0.25, 0.3) is 10.0 Å². The number of aromatic nitrogens is 2. The molecule has 0 radical (unpaired) electrons. The lowest BCUT2D eigenvalue weighted by Gasteiger charge is -2.30. The van der Waals surface area contributed by atoms with Gasteiger partial charge < -0.3 is 9.47 Å². The number of rotatable bonds is 5. The molecule has 1 aromatic rings. The molecule has 21 heavy (non-hydrogen) atoms. The van der Waals surface area contributed by atoms with Crippen LogP contribution in [0.4, 0.5) is 0 Å². The summed E-state index contributed by atoms with van der Waals surface area (Å²) in [4.78, 5) is 11.8. The molecule has 0 spiro atoms. The second kappa shape index (κ2) is 6.54. The molecule has 0 aromatic carbocycles. The molecule has 0 aliphatic carbocycles. The van der Waals surface area contributed by atoms with Crippen LogP contribution in [0.3, 0.4) is 0 Å². The smallest absolute Gasteiger partial charge is 0.342 e. The highest BCUT2D eigenvalue weighted by Gasteiger charge is 2.34. The number of esters is 1. The Morgan fingerprint density at radius 3 is 2.71 bits per heavy atom. The fourth-order valence-corrected chi connectivity index (χ4v) is 3.79. The number of sulfonamides is 1. The van der Waals surface area contributed by atoms with Gasteiger partial charge in [-0.15, -0.1) is 0 Å². The van der Waals surface area contributed by atoms with Gasteiger partial charge >= 0.3 is 5.97 Å². The van der Waals surface area contributed by atoms with Crippen molar-refractivity contribution in [3.8, 4) is 0 Å². The average molecular weight is 317 g/mol. The second-order valence-electron chi connectivity index (χ2n) is 4.67. The minimum absolute atomic E-state index is 0.0642. The molecule has 118 valence electrons. The van der Waals surface area contributed by atoms with Crippen molar-refractivity contribution in [3.63, 3.8) is 0 Å². The van der Waals surface area contributed by atoms with E-state index < -0.39 is 16.0 Å². The van der Waals surface area contributed by atoms with Crippen molar-refractivity contribution in [3.05, 3.63) is 11.8 Å². The number of methoxy groups -OCH3 is 1. The van der Waals surface area contributed by atoms with Crippen LogP contribution < -0.4 is 0 Å². The predicted octanol–water partition coefficient (Wildman–Crippen LogP) is 0.386. The number of nitrogens with zero attached hydrogens (tertiary/aromatic N) is 2. The van der Waals surface area contributed by atoms with Crippen LogP contribution in [0.15, 0.2) is 11.2 Å². The van der Waals surface area contributed by atoms with Crippen molar-refractivity contribution in [2.24, 2.45) is 0 Å². The minimum atomic E-state index is -3.79. The van der Waals surface area contributed by atoms with Gasteiger partial charge in [-0.1, -0.05) is 0 Å². The number of aromatic amines is 1. The average Bonchev–Trinajstić information content (AvgIpc) is 2.98. The number of hydrogen-bond donors (Lipinski definition) is 1. The Labute approximate surface area is 123 Å². The van der Waals surface area contributed by atoms with Gasteiger partial charge in [0.1, 0.15) is 5.56 Å². The largest absolute Gasteiger partial charge is 0.462 e. The van der Waals surface area contributed by atoms with E-state index in [1.807, 2.05) is 0 Å². The number of carbonyl (C=O) groups excluding carboxylic acids is 1. The zero-order chi connectivity index (χ0) is 15.5. The van der Waals surface area contributed by atoms with Crippen LogP contribution in [0.25, 0.3) is 0 Å². The van der Waals surface area contributed by atoms with E-state index in [1.165, 1.54) is 10.5 Å². The Hall–Kier alpha value is -1.45. The molecule has 0 unspecified atom stereocenters. The summed E-state index contributed by atoms with van der Waals surface area (Å²) in [6, 6.07) is 0. The Morgan fingerprint density at radius 1 is 1.48 bits per heavy atom. The van der Waals surface area contributed by atoms with Crippen LogP contribution in [0.5, 0.6) is 0 Å². The molecule has 1 fully saturated rings. The van der Waals surface area contributed by atoms with E-state index in [1.54, 1.807) is 14.0 Å². The molecular formula is C12H19N3O5S. The van der Waals surface area contributed by atoms with E-state index in [0.29, 0.717) is 25.9 Å². The third-order valence-corrected chi connectivity index (χ3v) is 5.30. The molecule has 2 heterocycles. The summed E-state index contributed by atoms with van der Waals surface area (Å²) in [5.41, 5.74) is -0.0642. The van der Waals surface area contributed by atoms with E-state index in [4.69, 9.17) is 9.47 Å². The fourth-order valence-electron chi connectivity index (χ4n) is 2.26. The van der Waals surface area contributed by atoms with Gasteiger partial charge in [-0.2, -0.15) is 9.40 Å². The lowest BCUT2D eigenvalue weighted by Crippen LogP contribution is -2.41. The van der Waals surface area contributed by atoms with Crippen molar-refractivity contribution in [1.29, 1.82) is 0 Å². The first-order valence-corrected chi connectivity index (χ1v) is 8.18. The summed E-state index contributed by atoms with van der Waals surface area (Å²) < 4.78 is 36.6. The van der Waals surface area contributed by atoms with Crippen molar-refractivity contribution >= 4 is 16.0 Å². The van der Waals surface area contributed by atoms with Crippen LogP contribution in [-0.4, -0.2) is 61.8 Å². The van der Waals surface area contributed by atoms with Crippen LogP contribution in [0.2, 0.25) is 0 Å². The summed E-state index contributed by atoms with van der Waals surface area (Å²) in [6.07, 6.45) is 2.49. The normalized spacial score (nSPS) is 17.8. The molecule has 1 saturated heterocycles. The number of nitrogens with one attached hydrogen (secondary N) is 1. The highest BCUT2D eigenvalue weighted by molar-refractivity contribution is 7.89. The molecule has 1 aliphatic rings. The number of hydrogen-bond acceptors (Lipinski definition) is 6. The zero-order valence-electron chi connectivity index (χ0n) is 12.0. The predicted molar refractivity (Wildman–Crippen MR) is 73.3 cm³/mol. The van der Waals surface area contributed by atoms with Crippen molar-refractivity contribution in [1.82, 2.24) is 14.5 Å². The summed E-state index contributed by atoms with van der Waals surface area (Å²) in [6.45, 7) is 2.52. The van der Waals surface area contributed by atoms with Crippen molar-refractivity contribution < 1.29 is 22.7 Å². The Balaban J connectivity index is 2.21. The van der Waals surface area contributed by atoms with Crippen molar-refractivity contribution in [2.75, 3.05) is 26.8 Å². The molecule has 0 saturated carbocycles. The zero-order valence-corrected chi connectivity index (χ0v) is 12.9. The summed E-state index contributed by atoms with van der Waals surface area (Å²) >= 11 is 0. The van der Waals surface area contributed by atoms with Gasteiger partial charge in [-0.05, 0) is 19.8 Å². The molecular weight excluding hydrogens is 298 g/mol. The van der Waals surface area contributed by atoms with Gasteiger partial charge in [-0.3, -0.25) is 5.10 Å². The highest BCUT2D eigenvalue weighted by atomic mass is 32.2. The van der Waals surface area contributed by atoms with Crippen LogP contribution in [0, 0.1) is 0 Å². The second-order valence-corrected chi connectivity index (χ2v) is 6.55. The van der Waals surface area contributed by atoms with Gasteiger partial charge in [0.05, 0.1) is 18.9 Å². The minimum Gasteiger partial charge on any atom is -0.462 e. The topological polar surface area (TPSA) is 102 Å². The van der Waals surface area contributed by atoms with E-state index in [2.05, 4.69) is 10.2 Å². The maximum Gasteiger partial charge on any atom is 0.342 e. The molecule has 1 aromatic heterocycles. The maximum atomic E-state index is 12.6. The molecule has 9 heteroatoms. The van der Waals surface area contributed by atoms with Gasteiger partial charge in [0.2, 0.25) is 0 Å².